The second-order valence-electron chi connectivity index (χ2n) is 7.07. The van der Waals surface area contributed by atoms with Crippen LogP contribution in [0.1, 0.15) is 36.1 Å². The van der Waals surface area contributed by atoms with Crippen LogP contribution in [0.15, 0.2) is 24.3 Å². The van der Waals surface area contributed by atoms with E-state index in [-0.39, 0.29) is 24.2 Å². The Morgan fingerprint density at radius 3 is 2.56 bits per heavy atom. The molecule has 0 spiro atoms. The first-order valence-electron chi connectivity index (χ1n) is 9.47. The highest BCUT2D eigenvalue weighted by atomic mass is 16.2. The number of aromatic nitrogens is 3. The van der Waals surface area contributed by atoms with Gasteiger partial charge in [-0.1, -0.05) is 31.2 Å². The van der Waals surface area contributed by atoms with Crippen molar-refractivity contribution in [2.75, 3.05) is 13.1 Å². The summed E-state index contributed by atoms with van der Waals surface area (Å²) in [6.07, 6.45) is 1.28. The molecule has 0 saturated carbocycles. The van der Waals surface area contributed by atoms with E-state index in [4.69, 9.17) is 0 Å². The number of rotatable bonds is 7. The first-order chi connectivity index (χ1) is 13.0. The second kappa shape index (κ2) is 8.33. The lowest BCUT2D eigenvalue weighted by atomic mass is 10.1. The Bertz CT molecular complexity index is 812. The maximum atomic E-state index is 12.4. The van der Waals surface area contributed by atoms with Crippen LogP contribution in [0.25, 0.3) is 0 Å². The van der Waals surface area contributed by atoms with E-state index in [1.807, 2.05) is 13.8 Å². The zero-order chi connectivity index (χ0) is 19.4. The molecule has 0 radical (unpaired) electrons. The predicted octanol–water partition coefficient (Wildman–Crippen LogP) is 1.62. The number of carbonyl (C=O) groups excluding carboxylic acids is 2. The smallest absolute Gasteiger partial charge is 0.225 e. The summed E-state index contributed by atoms with van der Waals surface area (Å²) in [6.45, 7) is 7.94. The molecule has 2 heterocycles. The Morgan fingerprint density at radius 1 is 1.22 bits per heavy atom. The van der Waals surface area contributed by atoms with Crippen molar-refractivity contribution in [3.8, 4) is 0 Å². The number of hydrogen-bond donors (Lipinski definition) is 1. The molecule has 7 nitrogen and oxygen atoms in total. The first-order valence-corrected chi connectivity index (χ1v) is 9.47. The highest BCUT2D eigenvalue weighted by Crippen LogP contribution is 2.20. The molecule has 144 valence electrons. The largest absolute Gasteiger partial charge is 0.354 e. The Balaban J connectivity index is 1.48. The number of nitrogens with one attached hydrogen (secondary N) is 1. The molecule has 1 N–H and O–H groups in total. The van der Waals surface area contributed by atoms with Crippen molar-refractivity contribution in [1.29, 1.82) is 0 Å². The maximum absolute atomic E-state index is 12.4. The number of nitrogens with zero attached hydrogens (tertiary/aromatic N) is 4. The molecule has 1 saturated heterocycles. The fourth-order valence-electron chi connectivity index (χ4n) is 3.40. The van der Waals surface area contributed by atoms with Crippen molar-refractivity contribution >= 4 is 11.8 Å². The Morgan fingerprint density at radius 2 is 1.93 bits per heavy atom. The van der Waals surface area contributed by atoms with Crippen LogP contribution in [0, 0.1) is 19.8 Å². The van der Waals surface area contributed by atoms with Crippen LogP contribution in [-0.4, -0.2) is 44.6 Å². The van der Waals surface area contributed by atoms with Gasteiger partial charge in [-0.15, -0.1) is 0 Å². The van der Waals surface area contributed by atoms with Crippen molar-refractivity contribution in [3.05, 3.63) is 47.0 Å². The molecular weight excluding hydrogens is 342 g/mol. The van der Waals surface area contributed by atoms with Gasteiger partial charge >= 0.3 is 0 Å². The topological polar surface area (TPSA) is 80.1 Å². The van der Waals surface area contributed by atoms with Crippen LogP contribution in [0.5, 0.6) is 0 Å². The van der Waals surface area contributed by atoms with Crippen LogP contribution < -0.4 is 5.32 Å². The van der Waals surface area contributed by atoms with E-state index < -0.39 is 0 Å². The number of carbonyl (C=O) groups is 2. The second-order valence-corrected chi connectivity index (χ2v) is 7.07. The van der Waals surface area contributed by atoms with Gasteiger partial charge in [0.25, 0.3) is 0 Å². The third kappa shape index (κ3) is 4.72. The van der Waals surface area contributed by atoms with Crippen LogP contribution in [0.2, 0.25) is 0 Å². The normalized spacial score (nSPS) is 16.8. The van der Waals surface area contributed by atoms with Gasteiger partial charge in [0.05, 0.1) is 12.5 Å². The number of aryl methyl sites for hydroxylation is 3. The fourth-order valence-corrected chi connectivity index (χ4v) is 3.40. The average Bonchev–Trinajstić information content (AvgIpc) is 3.17. The van der Waals surface area contributed by atoms with Crippen molar-refractivity contribution in [2.24, 2.45) is 5.92 Å². The molecule has 1 aliphatic heterocycles. The number of likely N-dealkylation sites (tertiary alicyclic amines) is 1. The van der Waals surface area contributed by atoms with E-state index in [0.717, 1.165) is 23.6 Å². The lowest BCUT2D eigenvalue weighted by molar-refractivity contribution is -0.129. The molecule has 3 rings (SSSR count). The molecule has 1 aliphatic rings. The van der Waals surface area contributed by atoms with Crippen LogP contribution >= 0.6 is 0 Å². The van der Waals surface area contributed by atoms with Gasteiger partial charge in [0.15, 0.2) is 0 Å². The fraction of sp³-hybridized carbons (Fsp3) is 0.500. The molecule has 2 aromatic rings. The van der Waals surface area contributed by atoms with Crippen molar-refractivity contribution < 1.29 is 9.59 Å². The number of hydrogen-bond acceptors (Lipinski definition) is 4. The maximum Gasteiger partial charge on any atom is 0.225 e. The standard InChI is InChI=1S/C20H27N5O2/c1-4-16-5-7-17(8-6-16)12-24-13-18(11-19(24)26)20(27)21-9-10-25-15(3)22-14(2)23-25/h5-8,18H,4,9-13H2,1-3H3,(H,21,27). The Hall–Kier alpha value is -2.70. The zero-order valence-corrected chi connectivity index (χ0v) is 16.2. The first kappa shape index (κ1) is 19.1. The Labute approximate surface area is 159 Å². The monoisotopic (exact) mass is 369 g/mol. The minimum absolute atomic E-state index is 0.0393. The molecule has 27 heavy (non-hydrogen) atoms. The van der Waals surface area contributed by atoms with E-state index in [1.54, 1.807) is 9.58 Å². The third-order valence-corrected chi connectivity index (χ3v) is 4.98. The van der Waals surface area contributed by atoms with Gasteiger partial charge in [0.1, 0.15) is 11.6 Å². The van der Waals surface area contributed by atoms with Gasteiger partial charge < -0.3 is 10.2 Å². The number of benzene rings is 1. The minimum atomic E-state index is -0.286. The van der Waals surface area contributed by atoms with Crippen molar-refractivity contribution in [1.82, 2.24) is 25.0 Å². The van der Waals surface area contributed by atoms with E-state index in [9.17, 15) is 9.59 Å². The summed E-state index contributed by atoms with van der Waals surface area (Å²) in [5.74, 6) is 1.24. The molecule has 7 heteroatoms. The van der Waals surface area contributed by atoms with Gasteiger partial charge in [-0.25, -0.2) is 9.67 Å². The third-order valence-electron chi connectivity index (χ3n) is 4.98. The van der Waals surface area contributed by atoms with E-state index in [2.05, 4.69) is 46.6 Å². The zero-order valence-electron chi connectivity index (χ0n) is 16.2. The van der Waals surface area contributed by atoms with E-state index in [0.29, 0.717) is 26.2 Å². The van der Waals surface area contributed by atoms with Gasteiger partial charge in [0, 0.05) is 26.1 Å². The highest BCUT2D eigenvalue weighted by molar-refractivity contribution is 5.89. The van der Waals surface area contributed by atoms with E-state index >= 15 is 0 Å². The summed E-state index contributed by atoms with van der Waals surface area (Å²) < 4.78 is 1.78. The van der Waals surface area contributed by atoms with Crippen LogP contribution in [0.4, 0.5) is 0 Å². The van der Waals surface area contributed by atoms with Gasteiger partial charge in [-0.3, -0.25) is 9.59 Å². The molecule has 0 bridgehead atoms. The summed E-state index contributed by atoms with van der Waals surface area (Å²) in [4.78, 5) is 30.7. The Kier molecular flexibility index (Phi) is 5.88. The summed E-state index contributed by atoms with van der Waals surface area (Å²) >= 11 is 0. The van der Waals surface area contributed by atoms with Crippen LogP contribution in [0.3, 0.4) is 0 Å². The minimum Gasteiger partial charge on any atom is -0.354 e. The van der Waals surface area contributed by atoms with Gasteiger partial charge in [-0.2, -0.15) is 5.10 Å². The summed E-state index contributed by atoms with van der Waals surface area (Å²) in [7, 11) is 0. The van der Waals surface area contributed by atoms with Gasteiger partial charge in [-0.05, 0) is 31.4 Å². The van der Waals surface area contributed by atoms with Crippen LogP contribution in [-0.2, 0) is 29.1 Å². The summed E-state index contributed by atoms with van der Waals surface area (Å²) in [6, 6.07) is 8.30. The van der Waals surface area contributed by atoms with Crippen molar-refractivity contribution in [2.45, 2.75) is 46.7 Å². The SMILES string of the molecule is CCc1ccc(CN2CC(C(=O)NCCn3nc(C)nc3C)CC2=O)cc1. The molecular formula is C20H27N5O2. The highest BCUT2D eigenvalue weighted by Gasteiger charge is 2.34. The molecule has 1 aromatic heterocycles. The molecule has 1 unspecified atom stereocenters. The number of amides is 2. The van der Waals surface area contributed by atoms with E-state index in [1.165, 1.54) is 5.56 Å². The predicted molar refractivity (Wildman–Crippen MR) is 102 cm³/mol. The quantitative estimate of drug-likeness (QED) is 0.804. The average molecular weight is 369 g/mol. The molecule has 2 amide bonds. The molecule has 1 atom stereocenters. The molecule has 0 aliphatic carbocycles. The van der Waals surface area contributed by atoms with Gasteiger partial charge in [0.2, 0.25) is 11.8 Å². The summed E-state index contributed by atoms with van der Waals surface area (Å²) in [5.41, 5.74) is 2.38. The molecule has 1 aromatic carbocycles. The lowest BCUT2D eigenvalue weighted by Gasteiger charge is -2.17. The molecule has 1 fully saturated rings. The lowest BCUT2D eigenvalue weighted by Crippen LogP contribution is -2.35. The van der Waals surface area contributed by atoms with Crippen molar-refractivity contribution in [3.63, 3.8) is 0 Å². The summed E-state index contributed by atoms with van der Waals surface area (Å²) in [5, 5.41) is 7.20.